The van der Waals surface area contributed by atoms with E-state index in [1.54, 1.807) is 13.0 Å². The van der Waals surface area contributed by atoms with Gasteiger partial charge in [-0.25, -0.2) is 4.39 Å². The Morgan fingerprint density at radius 2 is 2.22 bits per heavy atom. The second kappa shape index (κ2) is 4.94. The maximum Gasteiger partial charge on any atom is 0.250 e. The second-order valence-electron chi connectivity index (χ2n) is 4.03. The Labute approximate surface area is 109 Å². The van der Waals surface area contributed by atoms with Crippen molar-refractivity contribution in [3.8, 4) is 0 Å². The summed E-state index contributed by atoms with van der Waals surface area (Å²) in [4.78, 5) is 24.7. The van der Waals surface area contributed by atoms with Crippen molar-refractivity contribution < 1.29 is 14.0 Å². The molecule has 1 saturated heterocycles. The Balaban J connectivity index is 2.39. The number of rotatable bonds is 2. The molecule has 1 aliphatic heterocycles. The fourth-order valence-corrected chi connectivity index (χ4v) is 2.06. The van der Waals surface area contributed by atoms with Gasteiger partial charge in [0.1, 0.15) is 12.6 Å². The van der Waals surface area contributed by atoms with Crippen LogP contribution in [0.4, 0.5) is 10.1 Å². The molecule has 1 N–H and O–H groups in total. The number of carbonyl (C=O) groups is 2. The SMILES string of the molecule is CCC1NC(=O)CN(c2cccc(Cl)c2F)C1=O. The topological polar surface area (TPSA) is 49.4 Å². The third-order valence-electron chi connectivity index (χ3n) is 2.83. The first-order chi connectivity index (χ1) is 8.54. The van der Waals surface area contributed by atoms with Gasteiger partial charge < -0.3 is 5.32 Å². The number of carbonyl (C=O) groups excluding carboxylic acids is 2. The summed E-state index contributed by atoms with van der Waals surface area (Å²) in [6.45, 7) is 1.59. The van der Waals surface area contributed by atoms with Gasteiger partial charge in [-0.3, -0.25) is 14.5 Å². The molecule has 18 heavy (non-hydrogen) atoms. The van der Waals surface area contributed by atoms with Crippen molar-refractivity contribution >= 4 is 29.1 Å². The highest BCUT2D eigenvalue weighted by molar-refractivity contribution is 6.31. The van der Waals surface area contributed by atoms with Crippen molar-refractivity contribution in [2.45, 2.75) is 19.4 Å². The van der Waals surface area contributed by atoms with Gasteiger partial charge in [0.05, 0.1) is 10.7 Å². The molecule has 1 aromatic carbocycles. The lowest BCUT2D eigenvalue weighted by Gasteiger charge is -2.32. The quantitative estimate of drug-likeness (QED) is 0.890. The zero-order valence-electron chi connectivity index (χ0n) is 9.74. The lowest BCUT2D eigenvalue weighted by Crippen LogP contribution is -2.58. The number of anilines is 1. The zero-order chi connectivity index (χ0) is 13.3. The molecule has 0 saturated carbocycles. The standard InChI is InChI=1S/C12H12ClFN2O2/c1-2-8-12(18)16(6-10(17)15-8)9-5-3-4-7(13)11(9)14/h3-5,8H,2,6H2,1H3,(H,15,17). The summed E-state index contributed by atoms with van der Waals surface area (Å²) < 4.78 is 13.9. The number of nitrogens with zero attached hydrogens (tertiary/aromatic N) is 1. The molecule has 1 unspecified atom stereocenters. The van der Waals surface area contributed by atoms with Crippen molar-refractivity contribution in [2.24, 2.45) is 0 Å². The molecule has 0 spiro atoms. The molecule has 2 rings (SSSR count). The average molecular weight is 271 g/mol. The lowest BCUT2D eigenvalue weighted by atomic mass is 10.1. The first-order valence-corrected chi connectivity index (χ1v) is 5.97. The molecule has 4 nitrogen and oxygen atoms in total. The van der Waals surface area contributed by atoms with Gasteiger partial charge in [0.2, 0.25) is 11.8 Å². The maximum atomic E-state index is 13.9. The van der Waals surface area contributed by atoms with Crippen LogP contribution in [0.15, 0.2) is 18.2 Å². The van der Waals surface area contributed by atoms with Gasteiger partial charge in [-0.15, -0.1) is 0 Å². The number of hydrogen-bond acceptors (Lipinski definition) is 2. The summed E-state index contributed by atoms with van der Waals surface area (Å²) in [6.07, 6.45) is 0.462. The smallest absolute Gasteiger partial charge is 0.250 e. The number of benzene rings is 1. The first-order valence-electron chi connectivity index (χ1n) is 5.59. The lowest BCUT2D eigenvalue weighted by molar-refractivity contribution is -0.131. The van der Waals surface area contributed by atoms with Crippen LogP contribution in [0.5, 0.6) is 0 Å². The van der Waals surface area contributed by atoms with Gasteiger partial charge in [-0.05, 0) is 18.6 Å². The molecule has 0 bridgehead atoms. The summed E-state index contributed by atoms with van der Waals surface area (Å²) in [6, 6.07) is 3.77. The van der Waals surface area contributed by atoms with Crippen LogP contribution >= 0.6 is 11.6 Å². The first kappa shape index (κ1) is 12.8. The Kier molecular flexibility index (Phi) is 3.52. The van der Waals surface area contributed by atoms with Gasteiger partial charge >= 0.3 is 0 Å². The number of halogens is 2. The number of hydrogen-bond donors (Lipinski definition) is 1. The van der Waals surface area contributed by atoms with Crippen LogP contribution in [0.1, 0.15) is 13.3 Å². The highest BCUT2D eigenvalue weighted by atomic mass is 35.5. The number of piperazine rings is 1. The second-order valence-corrected chi connectivity index (χ2v) is 4.43. The number of nitrogens with one attached hydrogen (secondary N) is 1. The zero-order valence-corrected chi connectivity index (χ0v) is 10.5. The van der Waals surface area contributed by atoms with Crippen molar-refractivity contribution in [1.82, 2.24) is 5.32 Å². The fourth-order valence-electron chi connectivity index (χ4n) is 1.89. The maximum absolute atomic E-state index is 13.9. The van der Waals surface area contributed by atoms with Gasteiger partial charge in [-0.1, -0.05) is 24.6 Å². The summed E-state index contributed by atoms with van der Waals surface area (Å²) in [5.41, 5.74) is 0.0424. The molecular formula is C12H12ClFN2O2. The van der Waals surface area contributed by atoms with E-state index >= 15 is 0 Å². The molecule has 0 aromatic heterocycles. The molecule has 1 aromatic rings. The van der Waals surface area contributed by atoms with E-state index in [-0.39, 0.29) is 29.1 Å². The van der Waals surface area contributed by atoms with Crippen LogP contribution in [0.3, 0.4) is 0 Å². The van der Waals surface area contributed by atoms with Gasteiger partial charge in [0, 0.05) is 0 Å². The normalized spacial score (nSPS) is 19.9. The van der Waals surface area contributed by atoms with Crippen molar-refractivity contribution in [1.29, 1.82) is 0 Å². The van der Waals surface area contributed by atoms with Crippen LogP contribution in [0, 0.1) is 5.82 Å². The molecule has 0 aliphatic carbocycles. The summed E-state index contributed by atoms with van der Waals surface area (Å²) in [7, 11) is 0. The number of amides is 2. The largest absolute Gasteiger partial charge is 0.343 e. The third kappa shape index (κ3) is 2.18. The van der Waals surface area contributed by atoms with E-state index in [0.717, 1.165) is 4.90 Å². The van der Waals surface area contributed by atoms with Gasteiger partial charge in [0.25, 0.3) is 0 Å². The molecule has 6 heteroatoms. The Morgan fingerprint density at radius 1 is 1.50 bits per heavy atom. The van der Waals surface area contributed by atoms with Gasteiger partial charge in [0.15, 0.2) is 5.82 Å². The van der Waals surface area contributed by atoms with E-state index in [2.05, 4.69) is 5.32 Å². The summed E-state index contributed by atoms with van der Waals surface area (Å²) in [5.74, 6) is -1.31. The predicted molar refractivity (Wildman–Crippen MR) is 66.0 cm³/mol. The molecule has 2 amide bonds. The predicted octanol–water partition coefficient (Wildman–Crippen LogP) is 1.72. The fraction of sp³-hybridized carbons (Fsp3) is 0.333. The highest BCUT2D eigenvalue weighted by Gasteiger charge is 2.33. The van der Waals surface area contributed by atoms with Gasteiger partial charge in [-0.2, -0.15) is 0 Å². The van der Waals surface area contributed by atoms with Crippen molar-refractivity contribution in [2.75, 3.05) is 11.4 Å². The summed E-state index contributed by atoms with van der Waals surface area (Å²) in [5, 5.41) is 2.49. The van der Waals surface area contributed by atoms with E-state index < -0.39 is 11.9 Å². The Bertz CT molecular complexity index is 507. The molecule has 1 atom stereocenters. The minimum atomic E-state index is -0.683. The van der Waals surface area contributed by atoms with E-state index in [1.165, 1.54) is 12.1 Å². The molecule has 1 aliphatic rings. The van der Waals surface area contributed by atoms with Crippen LogP contribution in [-0.4, -0.2) is 24.4 Å². The van der Waals surface area contributed by atoms with E-state index in [0.29, 0.717) is 6.42 Å². The minimum absolute atomic E-state index is 0.0424. The monoisotopic (exact) mass is 270 g/mol. The molecule has 96 valence electrons. The molecule has 1 fully saturated rings. The van der Waals surface area contributed by atoms with Crippen molar-refractivity contribution in [3.05, 3.63) is 29.0 Å². The minimum Gasteiger partial charge on any atom is -0.343 e. The Hall–Kier alpha value is -1.62. The Morgan fingerprint density at radius 3 is 2.89 bits per heavy atom. The molecule has 0 radical (unpaired) electrons. The highest BCUT2D eigenvalue weighted by Crippen LogP contribution is 2.27. The van der Waals surface area contributed by atoms with E-state index in [1.807, 2.05) is 0 Å². The van der Waals surface area contributed by atoms with Crippen LogP contribution < -0.4 is 10.2 Å². The third-order valence-corrected chi connectivity index (χ3v) is 3.12. The van der Waals surface area contributed by atoms with Crippen LogP contribution in [-0.2, 0) is 9.59 Å². The van der Waals surface area contributed by atoms with Crippen LogP contribution in [0.2, 0.25) is 5.02 Å². The summed E-state index contributed by atoms with van der Waals surface area (Å²) >= 11 is 5.67. The van der Waals surface area contributed by atoms with Crippen molar-refractivity contribution in [3.63, 3.8) is 0 Å². The van der Waals surface area contributed by atoms with Crippen LogP contribution in [0.25, 0.3) is 0 Å². The molecule has 1 heterocycles. The average Bonchev–Trinajstić information content (AvgIpc) is 2.35. The van der Waals surface area contributed by atoms with E-state index in [4.69, 9.17) is 11.6 Å². The molecular weight excluding hydrogens is 259 g/mol. The van der Waals surface area contributed by atoms with E-state index in [9.17, 15) is 14.0 Å².